The van der Waals surface area contributed by atoms with E-state index in [2.05, 4.69) is 9.97 Å². The SMILES string of the molecule is CS(=O)(=O)N1CCC(Cc2cncc(-c3cccc(C(=O)O)c3)n2)CC1. The van der Waals surface area contributed by atoms with Crippen molar-refractivity contribution in [3.63, 3.8) is 0 Å². The van der Waals surface area contributed by atoms with Gasteiger partial charge in [-0.3, -0.25) is 4.98 Å². The van der Waals surface area contributed by atoms with Crippen LogP contribution in [0.15, 0.2) is 36.7 Å². The normalized spacial score (nSPS) is 16.5. The zero-order valence-electron chi connectivity index (χ0n) is 14.5. The standard InChI is InChI=1S/C18H21N3O4S/c1-26(24,25)21-7-5-13(6-8-21)9-16-11-19-12-17(20-16)14-3-2-4-15(10-14)18(22)23/h2-4,10-13H,5-9H2,1H3,(H,22,23). The van der Waals surface area contributed by atoms with Gasteiger partial charge in [-0.15, -0.1) is 0 Å². The summed E-state index contributed by atoms with van der Waals surface area (Å²) >= 11 is 0. The molecule has 1 aliphatic heterocycles. The molecule has 1 aliphatic rings. The van der Waals surface area contributed by atoms with E-state index >= 15 is 0 Å². The Bertz CT molecular complexity index is 906. The summed E-state index contributed by atoms with van der Waals surface area (Å²) in [6.45, 7) is 1.08. The predicted molar refractivity (Wildman–Crippen MR) is 97.3 cm³/mol. The number of piperidine rings is 1. The zero-order chi connectivity index (χ0) is 18.7. The third kappa shape index (κ3) is 4.44. The van der Waals surface area contributed by atoms with E-state index in [1.807, 2.05) is 6.07 Å². The molecule has 138 valence electrons. The van der Waals surface area contributed by atoms with Crippen molar-refractivity contribution in [3.8, 4) is 11.3 Å². The van der Waals surface area contributed by atoms with Crippen molar-refractivity contribution in [2.45, 2.75) is 19.3 Å². The highest BCUT2D eigenvalue weighted by molar-refractivity contribution is 7.88. The molecule has 2 heterocycles. The van der Waals surface area contributed by atoms with Crippen molar-refractivity contribution < 1.29 is 18.3 Å². The van der Waals surface area contributed by atoms with E-state index in [-0.39, 0.29) is 5.56 Å². The average molecular weight is 375 g/mol. The molecule has 8 heteroatoms. The van der Waals surface area contributed by atoms with E-state index in [0.717, 1.165) is 25.0 Å². The van der Waals surface area contributed by atoms with Crippen molar-refractivity contribution >= 4 is 16.0 Å². The summed E-state index contributed by atoms with van der Waals surface area (Å²) in [6, 6.07) is 6.62. The van der Waals surface area contributed by atoms with Crippen molar-refractivity contribution in [1.29, 1.82) is 0 Å². The maximum absolute atomic E-state index is 11.6. The molecule has 2 aromatic rings. The van der Waals surface area contributed by atoms with Crippen LogP contribution in [0.25, 0.3) is 11.3 Å². The summed E-state index contributed by atoms with van der Waals surface area (Å²) in [6.07, 6.45) is 6.91. The Balaban J connectivity index is 1.71. The fourth-order valence-corrected chi connectivity index (χ4v) is 4.07. The smallest absolute Gasteiger partial charge is 0.335 e. The lowest BCUT2D eigenvalue weighted by Gasteiger charge is -2.30. The van der Waals surface area contributed by atoms with Crippen LogP contribution in [-0.4, -0.2) is 53.1 Å². The second-order valence-corrected chi connectivity index (χ2v) is 8.57. The molecule has 0 bridgehead atoms. The van der Waals surface area contributed by atoms with Gasteiger partial charge in [-0.1, -0.05) is 12.1 Å². The number of aromatic carboxylic acids is 1. The Kier molecular flexibility index (Phi) is 5.33. The molecule has 26 heavy (non-hydrogen) atoms. The maximum Gasteiger partial charge on any atom is 0.335 e. The number of carboxylic acids is 1. The van der Waals surface area contributed by atoms with E-state index in [9.17, 15) is 13.2 Å². The molecular weight excluding hydrogens is 354 g/mol. The lowest BCUT2D eigenvalue weighted by atomic mass is 9.93. The molecule has 3 rings (SSSR count). The van der Waals surface area contributed by atoms with Crippen molar-refractivity contribution in [1.82, 2.24) is 14.3 Å². The van der Waals surface area contributed by atoms with Gasteiger partial charge in [0, 0.05) is 24.8 Å². The average Bonchev–Trinajstić information content (AvgIpc) is 2.62. The molecule has 0 atom stereocenters. The fraction of sp³-hybridized carbons (Fsp3) is 0.389. The quantitative estimate of drug-likeness (QED) is 0.858. The van der Waals surface area contributed by atoms with Gasteiger partial charge < -0.3 is 5.11 Å². The monoisotopic (exact) mass is 375 g/mol. The molecule has 0 radical (unpaired) electrons. The lowest BCUT2D eigenvalue weighted by Crippen LogP contribution is -2.38. The van der Waals surface area contributed by atoms with Gasteiger partial charge in [0.05, 0.1) is 29.4 Å². The molecule has 7 nitrogen and oxygen atoms in total. The molecule has 0 aliphatic carbocycles. The minimum atomic E-state index is -3.12. The number of hydrogen-bond donors (Lipinski definition) is 1. The van der Waals surface area contributed by atoms with Crippen LogP contribution in [-0.2, 0) is 16.4 Å². The number of hydrogen-bond acceptors (Lipinski definition) is 5. The summed E-state index contributed by atoms with van der Waals surface area (Å²) in [4.78, 5) is 20.0. The fourth-order valence-electron chi connectivity index (χ4n) is 3.20. The van der Waals surface area contributed by atoms with Crippen molar-refractivity contribution in [2.75, 3.05) is 19.3 Å². The third-order valence-corrected chi connectivity index (χ3v) is 5.93. The topological polar surface area (TPSA) is 100 Å². The Labute approximate surface area is 152 Å². The molecule has 0 unspecified atom stereocenters. The summed E-state index contributed by atoms with van der Waals surface area (Å²) in [5.74, 6) is -0.614. The maximum atomic E-state index is 11.6. The number of carboxylic acid groups (broad SMARTS) is 1. The predicted octanol–water partition coefficient (Wildman–Crippen LogP) is 2.06. The van der Waals surface area contributed by atoms with Gasteiger partial charge in [0.15, 0.2) is 0 Å². The Morgan fingerprint density at radius 2 is 2.00 bits per heavy atom. The number of sulfonamides is 1. The minimum Gasteiger partial charge on any atom is -0.478 e. The van der Waals surface area contributed by atoms with Crippen molar-refractivity contribution in [3.05, 3.63) is 47.9 Å². The lowest BCUT2D eigenvalue weighted by molar-refractivity contribution is 0.0697. The van der Waals surface area contributed by atoms with Crippen LogP contribution in [0.5, 0.6) is 0 Å². The largest absolute Gasteiger partial charge is 0.478 e. The molecule has 0 amide bonds. The number of benzene rings is 1. The summed E-state index contributed by atoms with van der Waals surface area (Å²) < 4.78 is 24.7. The van der Waals surface area contributed by atoms with Gasteiger partial charge in [0.25, 0.3) is 0 Å². The van der Waals surface area contributed by atoms with Crippen LogP contribution in [0.4, 0.5) is 0 Å². The first kappa shape index (κ1) is 18.5. The first-order valence-electron chi connectivity index (χ1n) is 8.42. The van der Waals surface area contributed by atoms with Crippen LogP contribution in [0.1, 0.15) is 28.9 Å². The highest BCUT2D eigenvalue weighted by atomic mass is 32.2. The van der Waals surface area contributed by atoms with Crippen LogP contribution < -0.4 is 0 Å². The van der Waals surface area contributed by atoms with Crippen LogP contribution in [0, 0.1) is 5.92 Å². The van der Waals surface area contributed by atoms with Crippen LogP contribution in [0.3, 0.4) is 0 Å². The number of nitrogens with zero attached hydrogens (tertiary/aromatic N) is 3. The number of aromatic nitrogens is 2. The zero-order valence-corrected chi connectivity index (χ0v) is 15.3. The molecule has 1 saturated heterocycles. The molecular formula is C18H21N3O4S. The van der Waals surface area contributed by atoms with Crippen molar-refractivity contribution in [2.24, 2.45) is 5.92 Å². The van der Waals surface area contributed by atoms with E-state index in [0.29, 0.717) is 30.3 Å². The van der Waals surface area contributed by atoms with Gasteiger partial charge in [0.1, 0.15) is 0 Å². The summed E-state index contributed by atoms with van der Waals surface area (Å²) in [7, 11) is -3.12. The Morgan fingerprint density at radius 3 is 2.65 bits per heavy atom. The molecule has 1 aromatic heterocycles. The second kappa shape index (κ2) is 7.51. The van der Waals surface area contributed by atoms with Gasteiger partial charge in [0.2, 0.25) is 10.0 Å². The second-order valence-electron chi connectivity index (χ2n) is 6.59. The molecule has 0 saturated carbocycles. The number of carbonyl (C=O) groups is 1. The molecule has 1 N–H and O–H groups in total. The molecule has 1 fully saturated rings. The highest BCUT2D eigenvalue weighted by Crippen LogP contribution is 2.24. The Hall–Kier alpha value is -2.32. The van der Waals surface area contributed by atoms with Gasteiger partial charge in [-0.25, -0.2) is 22.5 Å². The van der Waals surface area contributed by atoms with Gasteiger partial charge in [-0.2, -0.15) is 0 Å². The minimum absolute atomic E-state index is 0.211. The van der Waals surface area contributed by atoms with Crippen LogP contribution >= 0.6 is 0 Å². The first-order chi connectivity index (χ1) is 12.3. The first-order valence-corrected chi connectivity index (χ1v) is 10.3. The van der Waals surface area contributed by atoms with E-state index in [4.69, 9.17) is 5.11 Å². The molecule has 0 spiro atoms. The Morgan fingerprint density at radius 1 is 1.27 bits per heavy atom. The number of rotatable bonds is 5. The van der Waals surface area contributed by atoms with Gasteiger partial charge in [-0.05, 0) is 37.3 Å². The van der Waals surface area contributed by atoms with E-state index in [1.165, 1.54) is 10.6 Å². The third-order valence-electron chi connectivity index (χ3n) is 4.63. The highest BCUT2D eigenvalue weighted by Gasteiger charge is 2.25. The summed E-state index contributed by atoms with van der Waals surface area (Å²) in [5, 5.41) is 9.12. The molecule has 1 aromatic carbocycles. The summed E-state index contributed by atoms with van der Waals surface area (Å²) in [5.41, 5.74) is 2.40. The van der Waals surface area contributed by atoms with E-state index < -0.39 is 16.0 Å². The van der Waals surface area contributed by atoms with E-state index in [1.54, 1.807) is 30.6 Å². The van der Waals surface area contributed by atoms with Crippen LogP contribution in [0.2, 0.25) is 0 Å². The van der Waals surface area contributed by atoms with Gasteiger partial charge >= 0.3 is 5.97 Å².